The summed E-state index contributed by atoms with van der Waals surface area (Å²) in [6.07, 6.45) is 2.06. The number of amides is 2. The van der Waals surface area contributed by atoms with Crippen LogP contribution in [0.2, 0.25) is 0 Å². The van der Waals surface area contributed by atoms with Gasteiger partial charge in [0.2, 0.25) is 5.91 Å². The Labute approximate surface area is 136 Å². The predicted octanol–water partition coefficient (Wildman–Crippen LogP) is 1.18. The zero-order valence-electron chi connectivity index (χ0n) is 12.6. The Hall–Kier alpha value is -1.63. The van der Waals surface area contributed by atoms with Gasteiger partial charge in [-0.1, -0.05) is 12.1 Å². The van der Waals surface area contributed by atoms with Gasteiger partial charge >= 0.3 is 0 Å². The second kappa shape index (κ2) is 9.40. The van der Waals surface area contributed by atoms with Crippen molar-refractivity contribution >= 4 is 29.9 Å². The van der Waals surface area contributed by atoms with Crippen LogP contribution in [0.3, 0.4) is 0 Å². The summed E-state index contributed by atoms with van der Waals surface area (Å²) >= 11 is 0. The molecule has 0 atom stereocenters. The lowest BCUT2D eigenvalue weighted by molar-refractivity contribution is -0.115. The molecular weight excluding hydrogens is 306 g/mol. The Bertz CT molecular complexity index is 507. The largest absolute Gasteiger partial charge is 0.383 e. The minimum atomic E-state index is -0.183. The first-order valence-electron chi connectivity index (χ1n) is 7.10. The van der Waals surface area contributed by atoms with E-state index in [1.165, 1.54) is 0 Å². The van der Waals surface area contributed by atoms with E-state index in [4.69, 9.17) is 4.74 Å². The van der Waals surface area contributed by atoms with Crippen molar-refractivity contribution in [2.75, 3.05) is 32.1 Å². The van der Waals surface area contributed by atoms with Crippen LogP contribution < -0.4 is 16.0 Å². The fraction of sp³-hybridized carbons (Fsp3) is 0.467. The molecule has 1 saturated carbocycles. The Morgan fingerprint density at radius 1 is 1.27 bits per heavy atom. The highest BCUT2D eigenvalue weighted by molar-refractivity contribution is 6.04. The van der Waals surface area contributed by atoms with Crippen LogP contribution in [0, 0.1) is 0 Å². The summed E-state index contributed by atoms with van der Waals surface area (Å²) in [6, 6.07) is 7.31. The molecule has 0 spiro atoms. The lowest BCUT2D eigenvalue weighted by Crippen LogP contribution is -2.31. The van der Waals surface area contributed by atoms with Crippen LogP contribution >= 0.6 is 12.4 Å². The Morgan fingerprint density at radius 2 is 2.00 bits per heavy atom. The number of hydrogen-bond acceptors (Lipinski definition) is 4. The number of carbonyl (C=O) groups is 2. The minimum Gasteiger partial charge on any atom is -0.383 e. The van der Waals surface area contributed by atoms with E-state index in [1.54, 1.807) is 31.4 Å². The number of anilines is 1. The maximum absolute atomic E-state index is 12.1. The number of hydrogen-bond donors (Lipinski definition) is 3. The van der Waals surface area contributed by atoms with Gasteiger partial charge in [-0.05, 0) is 25.0 Å². The van der Waals surface area contributed by atoms with Crippen LogP contribution in [-0.4, -0.2) is 44.7 Å². The number of nitrogens with one attached hydrogen (secondary N) is 3. The maximum Gasteiger partial charge on any atom is 0.253 e. The molecule has 22 heavy (non-hydrogen) atoms. The normalized spacial score (nSPS) is 13.1. The van der Waals surface area contributed by atoms with Gasteiger partial charge in [-0.15, -0.1) is 12.4 Å². The van der Waals surface area contributed by atoms with E-state index in [2.05, 4.69) is 16.0 Å². The lowest BCUT2D eigenvalue weighted by Gasteiger charge is -2.11. The third-order valence-corrected chi connectivity index (χ3v) is 3.13. The first-order chi connectivity index (χ1) is 10.2. The summed E-state index contributed by atoms with van der Waals surface area (Å²) in [5, 5.41) is 8.64. The number of rotatable bonds is 8. The summed E-state index contributed by atoms with van der Waals surface area (Å²) in [7, 11) is 1.61. The molecule has 0 saturated heterocycles. The fourth-order valence-electron chi connectivity index (χ4n) is 1.85. The van der Waals surface area contributed by atoms with Crippen LogP contribution in [0.4, 0.5) is 5.69 Å². The van der Waals surface area contributed by atoms with E-state index in [9.17, 15) is 9.59 Å². The number of carbonyl (C=O) groups excluding carboxylic acids is 2. The quantitative estimate of drug-likeness (QED) is 0.626. The van der Waals surface area contributed by atoms with Crippen molar-refractivity contribution < 1.29 is 14.3 Å². The van der Waals surface area contributed by atoms with Crippen molar-refractivity contribution in [2.24, 2.45) is 0 Å². The molecule has 0 bridgehead atoms. The summed E-state index contributed by atoms with van der Waals surface area (Å²) < 4.78 is 4.89. The van der Waals surface area contributed by atoms with E-state index in [0.29, 0.717) is 24.4 Å². The topological polar surface area (TPSA) is 79.5 Å². The van der Waals surface area contributed by atoms with Crippen LogP contribution in [0.1, 0.15) is 23.2 Å². The van der Waals surface area contributed by atoms with Crippen LogP contribution in [0.5, 0.6) is 0 Å². The van der Waals surface area contributed by atoms with Gasteiger partial charge in [-0.25, -0.2) is 0 Å². The molecule has 0 aromatic heterocycles. The fourth-order valence-corrected chi connectivity index (χ4v) is 1.85. The standard InChI is InChI=1S/C15H21N3O3.ClH/c1-21-9-8-16-10-14(19)18-13-5-3-2-4-12(13)15(20)17-11-6-7-11;/h2-5,11,16H,6-10H2,1H3,(H,17,20)(H,18,19);1H. The molecule has 1 aromatic rings. The van der Waals surface area contributed by atoms with Crippen LogP contribution in [-0.2, 0) is 9.53 Å². The molecule has 1 fully saturated rings. The summed E-state index contributed by atoms with van der Waals surface area (Å²) in [5.41, 5.74) is 1.03. The molecule has 7 heteroatoms. The van der Waals surface area contributed by atoms with Gasteiger partial charge in [-0.3, -0.25) is 9.59 Å². The van der Waals surface area contributed by atoms with Gasteiger partial charge in [0, 0.05) is 19.7 Å². The summed E-state index contributed by atoms with van der Waals surface area (Å²) in [4.78, 5) is 23.9. The van der Waals surface area contributed by atoms with Gasteiger partial charge in [0.25, 0.3) is 5.91 Å². The molecular formula is C15H22ClN3O3. The lowest BCUT2D eigenvalue weighted by atomic mass is 10.1. The number of halogens is 1. The molecule has 0 aliphatic heterocycles. The Kier molecular flexibility index (Phi) is 7.87. The molecule has 1 aromatic carbocycles. The molecule has 2 rings (SSSR count). The average molecular weight is 328 g/mol. The molecule has 3 N–H and O–H groups in total. The second-order valence-electron chi connectivity index (χ2n) is 5.01. The molecule has 6 nitrogen and oxygen atoms in total. The van der Waals surface area contributed by atoms with Gasteiger partial charge < -0.3 is 20.7 Å². The zero-order chi connectivity index (χ0) is 15.1. The first kappa shape index (κ1) is 18.4. The minimum absolute atomic E-state index is 0. The predicted molar refractivity (Wildman–Crippen MR) is 87.6 cm³/mol. The Morgan fingerprint density at radius 3 is 2.68 bits per heavy atom. The Balaban J connectivity index is 0.00000242. The van der Waals surface area contributed by atoms with Crippen LogP contribution in [0.25, 0.3) is 0 Å². The van der Waals surface area contributed by atoms with E-state index >= 15 is 0 Å². The van der Waals surface area contributed by atoms with Crippen molar-refractivity contribution in [2.45, 2.75) is 18.9 Å². The smallest absolute Gasteiger partial charge is 0.253 e. The highest BCUT2D eigenvalue weighted by Gasteiger charge is 2.24. The molecule has 1 aliphatic rings. The SMILES string of the molecule is COCCNCC(=O)Nc1ccccc1C(=O)NC1CC1.Cl. The van der Waals surface area contributed by atoms with Crippen molar-refractivity contribution in [1.29, 1.82) is 0 Å². The second-order valence-corrected chi connectivity index (χ2v) is 5.01. The average Bonchev–Trinajstić information content (AvgIpc) is 3.28. The number of para-hydroxylation sites is 1. The van der Waals surface area contributed by atoms with Crippen LogP contribution in [0.15, 0.2) is 24.3 Å². The molecule has 0 unspecified atom stereocenters. The highest BCUT2D eigenvalue weighted by atomic mass is 35.5. The summed E-state index contributed by atoms with van der Waals surface area (Å²) in [5.74, 6) is -0.321. The third-order valence-electron chi connectivity index (χ3n) is 3.13. The van der Waals surface area contributed by atoms with Gasteiger partial charge in [-0.2, -0.15) is 0 Å². The maximum atomic E-state index is 12.1. The van der Waals surface area contributed by atoms with E-state index < -0.39 is 0 Å². The van der Waals surface area contributed by atoms with Gasteiger partial charge in [0.05, 0.1) is 24.4 Å². The van der Waals surface area contributed by atoms with Crippen molar-refractivity contribution in [3.05, 3.63) is 29.8 Å². The molecule has 1 aliphatic carbocycles. The summed E-state index contributed by atoms with van der Waals surface area (Å²) in [6.45, 7) is 1.34. The molecule has 0 heterocycles. The van der Waals surface area contributed by atoms with E-state index in [0.717, 1.165) is 12.8 Å². The first-order valence-corrected chi connectivity index (χ1v) is 7.10. The van der Waals surface area contributed by atoms with Gasteiger partial charge in [0.1, 0.15) is 0 Å². The molecule has 122 valence electrons. The van der Waals surface area contributed by atoms with Crippen molar-refractivity contribution in [1.82, 2.24) is 10.6 Å². The number of methoxy groups -OCH3 is 1. The van der Waals surface area contributed by atoms with E-state index in [1.807, 2.05) is 0 Å². The van der Waals surface area contributed by atoms with Crippen molar-refractivity contribution in [3.8, 4) is 0 Å². The van der Waals surface area contributed by atoms with Gasteiger partial charge in [0.15, 0.2) is 0 Å². The van der Waals surface area contributed by atoms with Crippen molar-refractivity contribution in [3.63, 3.8) is 0 Å². The monoisotopic (exact) mass is 327 g/mol. The number of ether oxygens (including phenoxy) is 1. The third kappa shape index (κ3) is 6.01. The zero-order valence-corrected chi connectivity index (χ0v) is 13.4. The highest BCUT2D eigenvalue weighted by Crippen LogP contribution is 2.21. The molecule has 0 radical (unpaired) electrons. The molecule has 2 amide bonds. The van der Waals surface area contributed by atoms with E-state index in [-0.39, 0.29) is 36.8 Å². The number of benzene rings is 1.